The lowest BCUT2D eigenvalue weighted by Crippen LogP contribution is -2.20. The number of carbonyl (C=O) groups excluding carboxylic acids is 1. The molecule has 1 atom stereocenters. The monoisotopic (exact) mass is 479 g/mol. The molecule has 1 aliphatic carbocycles. The predicted octanol–water partition coefficient (Wildman–Crippen LogP) is 5.78. The van der Waals surface area contributed by atoms with Crippen molar-refractivity contribution in [3.8, 4) is 0 Å². The van der Waals surface area contributed by atoms with Crippen LogP contribution in [-0.4, -0.2) is 20.0 Å². The van der Waals surface area contributed by atoms with Crippen LogP contribution in [0.5, 0.6) is 0 Å². The summed E-state index contributed by atoms with van der Waals surface area (Å²) in [7, 11) is -1.61. The van der Waals surface area contributed by atoms with Crippen LogP contribution in [0.3, 0.4) is 0 Å². The largest absolute Gasteiger partial charge is 0.448 e. The van der Waals surface area contributed by atoms with E-state index < -0.39 is 16.4 Å². The van der Waals surface area contributed by atoms with E-state index in [1.54, 1.807) is 49.0 Å². The van der Waals surface area contributed by atoms with Gasteiger partial charge in [0.1, 0.15) is 17.2 Å². The average Bonchev–Trinajstić information content (AvgIpc) is 3.25. The minimum absolute atomic E-state index is 0.259. The molecule has 1 aromatic carbocycles. The number of nitrogens with zero attached hydrogens (tertiary/aromatic N) is 2. The van der Waals surface area contributed by atoms with Gasteiger partial charge >= 0.3 is 0 Å². The van der Waals surface area contributed by atoms with Gasteiger partial charge in [0.25, 0.3) is 0 Å². The number of allylic oxidation sites excluding steroid dienone is 5. The maximum Gasteiger partial charge on any atom is 0.203 e. The first kappa shape index (κ1) is 22.9. The molecule has 0 fully saturated rings. The SMILES string of the molecule is CC(C)(C1=CC=C(S(=O)Nc2ccc(Cl)cc2C(=O)c2cccnc2)C=CC1)c1ncco1. The Morgan fingerprint density at radius 1 is 1.21 bits per heavy atom. The molecule has 1 aliphatic rings. The highest BCUT2D eigenvalue weighted by atomic mass is 35.5. The number of hydrogen-bond acceptors (Lipinski definition) is 5. The quantitative estimate of drug-likeness (QED) is 0.434. The number of anilines is 1. The zero-order chi connectivity index (χ0) is 23.4. The summed E-state index contributed by atoms with van der Waals surface area (Å²) in [4.78, 5) is 21.9. The lowest BCUT2D eigenvalue weighted by atomic mass is 9.82. The van der Waals surface area contributed by atoms with Crippen molar-refractivity contribution in [2.24, 2.45) is 0 Å². The number of carbonyl (C=O) groups is 1. The molecular weight excluding hydrogens is 458 g/mol. The second kappa shape index (κ2) is 9.68. The van der Waals surface area contributed by atoms with Gasteiger partial charge in [-0.3, -0.25) is 9.78 Å². The van der Waals surface area contributed by atoms with Crippen LogP contribution in [0.4, 0.5) is 5.69 Å². The molecule has 33 heavy (non-hydrogen) atoms. The van der Waals surface area contributed by atoms with E-state index in [4.69, 9.17) is 16.0 Å². The number of pyridine rings is 1. The number of rotatable bonds is 7. The minimum Gasteiger partial charge on any atom is -0.448 e. The molecule has 0 spiro atoms. The number of benzene rings is 1. The lowest BCUT2D eigenvalue weighted by molar-refractivity contribution is 0.103. The number of nitrogens with one attached hydrogen (secondary N) is 1. The molecular formula is C25H22ClN3O3S. The van der Waals surface area contributed by atoms with E-state index in [0.717, 1.165) is 5.57 Å². The van der Waals surface area contributed by atoms with Crippen LogP contribution in [0.25, 0.3) is 0 Å². The number of aromatic nitrogens is 2. The second-order valence-corrected chi connectivity index (χ2v) is 9.61. The molecule has 8 heteroatoms. The van der Waals surface area contributed by atoms with E-state index >= 15 is 0 Å². The number of hydrogen-bond donors (Lipinski definition) is 1. The van der Waals surface area contributed by atoms with Gasteiger partial charge in [0, 0.05) is 28.5 Å². The van der Waals surface area contributed by atoms with Crippen molar-refractivity contribution in [3.63, 3.8) is 0 Å². The third-order valence-corrected chi connectivity index (χ3v) is 6.75. The summed E-state index contributed by atoms with van der Waals surface area (Å²) in [6.45, 7) is 4.08. The van der Waals surface area contributed by atoms with Gasteiger partial charge in [-0.2, -0.15) is 0 Å². The molecule has 4 rings (SSSR count). The minimum atomic E-state index is -1.61. The van der Waals surface area contributed by atoms with Gasteiger partial charge in [-0.15, -0.1) is 0 Å². The smallest absolute Gasteiger partial charge is 0.203 e. The molecule has 1 N–H and O–H groups in total. The summed E-state index contributed by atoms with van der Waals surface area (Å²) in [5.41, 5.74) is 1.84. The summed E-state index contributed by atoms with van der Waals surface area (Å²) in [5, 5.41) is 0.411. The maximum atomic E-state index is 13.2. The van der Waals surface area contributed by atoms with E-state index in [0.29, 0.717) is 39.1 Å². The molecule has 0 bridgehead atoms. The molecule has 168 valence electrons. The van der Waals surface area contributed by atoms with Crippen molar-refractivity contribution >= 4 is 34.1 Å². The fourth-order valence-corrected chi connectivity index (χ4v) is 4.55. The zero-order valence-corrected chi connectivity index (χ0v) is 19.7. The summed E-state index contributed by atoms with van der Waals surface area (Å²) in [6.07, 6.45) is 14.5. The fourth-order valence-electron chi connectivity index (χ4n) is 3.47. The average molecular weight is 480 g/mol. The Morgan fingerprint density at radius 2 is 2.06 bits per heavy atom. The van der Waals surface area contributed by atoms with Gasteiger partial charge in [0.05, 0.1) is 22.2 Å². The Balaban J connectivity index is 1.60. The van der Waals surface area contributed by atoms with Gasteiger partial charge in [-0.1, -0.05) is 29.3 Å². The summed E-state index contributed by atoms with van der Waals surface area (Å²) >= 11 is 6.14. The highest BCUT2D eigenvalue weighted by Gasteiger charge is 2.29. The van der Waals surface area contributed by atoms with E-state index in [1.807, 2.05) is 38.2 Å². The number of halogens is 1. The van der Waals surface area contributed by atoms with Crippen molar-refractivity contribution in [3.05, 3.63) is 112 Å². The highest BCUT2D eigenvalue weighted by molar-refractivity contribution is 7.90. The van der Waals surface area contributed by atoms with E-state index in [2.05, 4.69) is 14.7 Å². The molecule has 0 amide bonds. The van der Waals surface area contributed by atoms with Gasteiger partial charge in [-0.05, 0) is 62.8 Å². The summed E-state index contributed by atoms with van der Waals surface area (Å²) < 4.78 is 21.6. The second-order valence-electron chi connectivity index (χ2n) is 7.96. The van der Waals surface area contributed by atoms with E-state index in [9.17, 15) is 9.00 Å². The van der Waals surface area contributed by atoms with Crippen LogP contribution in [-0.2, 0) is 16.4 Å². The van der Waals surface area contributed by atoms with Crippen molar-refractivity contribution in [2.45, 2.75) is 25.7 Å². The standard InChI is InChI=1S/C25H22ClN3O3S/c1-25(2,24-28-13-14-32-24)18-6-3-7-20(10-8-18)33(31)29-22-11-9-19(26)15-21(22)23(30)17-5-4-12-27-16-17/h3-5,7-16,29H,6H2,1-2H3. The van der Waals surface area contributed by atoms with Crippen LogP contribution in [0, 0.1) is 0 Å². The van der Waals surface area contributed by atoms with E-state index in [-0.39, 0.29) is 5.78 Å². The first-order chi connectivity index (χ1) is 15.9. The molecule has 0 aliphatic heterocycles. The van der Waals surface area contributed by atoms with Crippen LogP contribution in [0.2, 0.25) is 5.02 Å². The first-order valence-corrected chi connectivity index (χ1v) is 11.8. The normalized spacial score (nSPS) is 14.8. The lowest BCUT2D eigenvalue weighted by Gasteiger charge is -2.23. The molecule has 3 aromatic rings. The van der Waals surface area contributed by atoms with Gasteiger partial charge in [-0.25, -0.2) is 9.19 Å². The predicted molar refractivity (Wildman–Crippen MR) is 130 cm³/mol. The Hall–Kier alpha value is -3.29. The molecule has 6 nitrogen and oxygen atoms in total. The fraction of sp³-hybridized carbons (Fsp3) is 0.160. The molecule has 0 saturated heterocycles. The first-order valence-electron chi connectivity index (χ1n) is 10.3. The van der Waals surface area contributed by atoms with E-state index in [1.165, 1.54) is 6.20 Å². The Labute approximate surface area is 199 Å². The summed E-state index contributed by atoms with van der Waals surface area (Å²) in [6, 6.07) is 8.22. The van der Waals surface area contributed by atoms with Crippen molar-refractivity contribution < 1.29 is 13.4 Å². The van der Waals surface area contributed by atoms with Gasteiger partial charge in [0.2, 0.25) is 5.89 Å². The van der Waals surface area contributed by atoms with Crippen molar-refractivity contribution in [2.75, 3.05) is 4.72 Å². The van der Waals surface area contributed by atoms with Crippen LogP contribution >= 0.6 is 11.6 Å². The Kier molecular flexibility index (Phi) is 6.72. The number of oxazole rings is 1. The third-order valence-electron chi connectivity index (χ3n) is 5.41. The maximum absolute atomic E-state index is 13.2. The Bertz CT molecular complexity index is 1280. The molecule has 0 saturated carbocycles. The molecule has 0 radical (unpaired) electrons. The van der Waals surface area contributed by atoms with Crippen LogP contribution in [0.1, 0.15) is 42.1 Å². The van der Waals surface area contributed by atoms with Crippen molar-refractivity contribution in [1.82, 2.24) is 9.97 Å². The Morgan fingerprint density at radius 3 is 2.79 bits per heavy atom. The number of ketones is 1. The topological polar surface area (TPSA) is 85.1 Å². The summed E-state index contributed by atoms with van der Waals surface area (Å²) in [5.74, 6) is 0.364. The molecule has 2 aromatic heterocycles. The third kappa shape index (κ3) is 5.05. The van der Waals surface area contributed by atoms with Crippen LogP contribution in [0.15, 0.2) is 94.4 Å². The van der Waals surface area contributed by atoms with Gasteiger partial charge in [0.15, 0.2) is 5.78 Å². The van der Waals surface area contributed by atoms with Crippen LogP contribution < -0.4 is 4.72 Å². The zero-order valence-electron chi connectivity index (χ0n) is 18.1. The van der Waals surface area contributed by atoms with Crippen molar-refractivity contribution in [1.29, 1.82) is 0 Å². The molecule has 2 heterocycles. The highest BCUT2D eigenvalue weighted by Crippen LogP contribution is 2.34. The molecule has 1 unspecified atom stereocenters. The van der Waals surface area contributed by atoms with Gasteiger partial charge < -0.3 is 9.14 Å².